The summed E-state index contributed by atoms with van der Waals surface area (Å²) in [6.07, 6.45) is 1.84. The molecule has 6 heteroatoms. The van der Waals surface area contributed by atoms with E-state index in [2.05, 4.69) is 10.1 Å². The SMILES string of the molecule is CN(C)/C=N/c1c(C(O)C#N)cnn1C. The molecular formula is C9H13N5O. The lowest BCUT2D eigenvalue weighted by molar-refractivity contribution is 0.236. The maximum absolute atomic E-state index is 9.39. The quantitative estimate of drug-likeness (QED) is 0.436. The summed E-state index contributed by atoms with van der Waals surface area (Å²) in [5, 5.41) is 21.9. The standard InChI is InChI=1S/C9H13N5O/c1-13(2)6-11-9-7(8(15)4-10)5-12-14(9)3/h5-6,8,15H,1-3H3/b11-6+. The second-order valence-corrected chi connectivity index (χ2v) is 3.29. The molecule has 80 valence electrons. The van der Waals surface area contributed by atoms with Gasteiger partial charge in [-0.15, -0.1) is 0 Å². The van der Waals surface area contributed by atoms with Crippen LogP contribution in [0.1, 0.15) is 11.7 Å². The molecule has 0 aliphatic carbocycles. The van der Waals surface area contributed by atoms with Crippen molar-refractivity contribution >= 4 is 12.2 Å². The average Bonchev–Trinajstić information content (AvgIpc) is 2.55. The highest BCUT2D eigenvalue weighted by Gasteiger charge is 2.15. The van der Waals surface area contributed by atoms with Gasteiger partial charge < -0.3 is 10.0 Å². The number of aryl methyl sites for hydroxylation is 1. The molecule has 0 radical (unpaired) electrons. The molecule has 15 heavy (non-hydrogen) atoms. The van der Waals surface area contributed by atoms with Gasteiger partial charge in [0, 0.05) is 21.1 Å². The van der Waals surface area contributed by atoms with Crippen molar-refractivity contribution in [1.82, 2.24) is 14.7 Å². The fraction of sp³-hybridized carbons (Fsp3) is 0.444. The lowest BCUT2D eigenvalue weighted by Crippen LogP contribution is -2.07. The largest absolute Gasteiger partial charge is 0.374 e. The fourth-order valence-corrected chi connectivity index (χ4v) is 1.04. The molecule has 1 atom stereocenters. The number of rotatable bonds is 3. The zero-order valence-electron chi connectivity index (χ0n) is 8.92. The predicted molar refractivity (Wildman–Crippen MR) is 55.6 cm³/mol. The summed E-state index contributed by atoms with van der Waals surface area (Å²) in [6.45, 7) is 0. The van der Waals surface area contributed by atoms with E-state index in [9.17, 15) is 5.11 Å². The Kier molecular flexibility index (Phi) is 3.42. The van der Waals surface area contributed by atoms with Crippen LogP contribution in [0.4, 0.5) is 5.82 Å². The molecule has 0 aliphatic rings. The van der Waals surface area contributed by atoms with E-state index < -0.39 is 6.10 Å². The molecule has 0 fully saturated rings. The van der Waals surface area contributed by atoms with Crippen LogP contribution >= 0.6 is 0 Å². The molecule has 0 aromatic carbocycles. The van der Waals surface area contributed by atoms with Crippen molar-refractivity contribution in [2.75, 3.05) is 14.1 Å². The van der Waals surface area contributed by atoms with E-state index in [0.717, 1.165) is 0 Å². The third kappa shape index (κ3) is 2.54. The van der Waals surface area contributed by atoms with Crippen molar-refractivity contribution in [3.63, 3.8) is 0 Å². The minimum Gasteiger partial charge on any atom is -0.374 e. The zero-order chi connectivity index (χ0) is 11.4. The molecular weight excluding hydrogens is 194 g/mol. The highest BCUT2D eigenvalue weighted by atomic mass is 16.3. The minimum atomic E-state index is -1.19. The van der Waals surface area contributed by atoms with Gasteiger partial charge in [-0.05, 0) is 0 Å². The Balaban J connectivity index is 3.06. The van der Waals surface area contributed by atoms with Gasteiger partial charge in [-0.2, -0.15) is 10.4 Å². The molecule has 0 saturated heterocycles. The fourth-order valence-electron chi connectivity index (χ4n) is 1.04. The third-order valence-electron chi connectivity index (χ3n) is 1.76. The smallest absolute Gasteiger partial charge is 0.171 e. The normalized spacial score (nSPS) is 12.7. The Hall–Kier alpha value is -1.87. The average molecular weight is 207 g/mol. The number of nitriles is 1. The van der Waals surface area contributed by atoms with Gasteiger partial charge in [0.15, 0.2) is 11.9 Å². The number of aromatic nitrogens is 2. The lowest BCUT2D eigenvalue weighted by Gasteiger charge is -2.04. The summed E-state index contributed by atoms with van der Waals surface area (Å²) < 4.78 is 1.51. The van der Waals surface area contributed by atoms with Gasteiger partial charge in [0.05, 0.1) is 24.2 Å². The minimum absolute atomic E-state index is 0.415. The van der Waals surface area contributed by atoms with Gasteiger partial charge in [0.2, 0.25) is 0 Å². The Morgan fingerprint density at radius 2 is 2.40 bits per heavy atom. The van der Waals surface area contributed by atoms with Gasteiger partial charge >= 0.3 is 0 Å². The van der Waals surface area contributed by atoms with Crippen LogP contribution in [0.5, 0.6) is 0 Å². The summed E-state index contributed by atoms with van der Waals surface area (Å²) >= 11 is 0. The van der Waals surface area contributed by atoms with Crippen LogP contribution in [-0.4, -0.2) is 40.2 Å². The molecule has 1 N–H and O–H groups in total. The molecule has 1 unspecified atom stereocenters. The van der Waals surface area contributed by atoms with Crippen LogP contribution in [0.25, 0.3) is 0 Å². The molecule has 1 aromatic heterocycles. The van der Waals surface area contributed by atoms with E-state index in [4.69, 9.17) is 5.26 Å². The monoisotopic (exact) mass is 207 g/mol. The first-order valence-corrected chi connectivity index (χ1v) is 4.36. The van der Waals surface area contributed by atoms with E-state index >= 15 is 0 Å². The van der Waals surface area contributed by atoms with Crippen molar-refractivity contribution in [3.05, 3.63) is 11.8 Å². The van der Waals surface area contributed by atoms with Gasteiger partial charge in [-0.1, -0.05) is 0 Å². The maximum Gasteiger partial charge on any atom is 0.171 e. The molecule has 6 nitrogen and oxygen atoms in total. The van der Waals surface area contributed by atoms with E-state index in [1.54, 1.807) is 24.4 Å². The summed E-state index contributed by atoms with van der Waals surface area (Å²) in [7, 11) is 5.37. The van der Waals surface area contributed by atoms with Crippen molar-refractivity contribution in [3.8, 4) is 6.07 Å². The Morgan fingerprint density at radius 3 is 2.93 bits per heavy atom. The first-order chi connectivity index (χ1) is 7.06. The Morgan fingerprint density at radius 1 is 1.73 bits per heavy atom. The molecule has 1 rings (SSSR count). The second kappa shape index (κ2) is 4.57. The number of aliphatic hydroxyl groups is 1. The van der Waals surface area contributed by atoms with E-state index in [1.807, 2.05) is 14.1 Å². The summed E-state index contributed by atoms with van der Waals surface area (Å²) in [5.74, 6) is 0.484. The lowest BCUT2D eigenvalue weighted by atomic mass is 10.2. The van der Waals surface area contributed by atoms with Crippen LogP contribution in [0, 0.1) is 11.3 Å². The first-order valence-electron chi connectivity index (χ1n) is 4.36. The highest BCUT2D eigenvalue weighted by molar-refractivity contribution is 5.61. The Labute approximate surface area is 88.1 Å². The number of aliphatic imine (C=N–C) groups is 1. The van der Waals surface area contributed by atoms with Crippen LogP contribution in [-0.2, 0) is 7.05 Å². The predicted octanol–water partition coefficient (Wildman–Crippen LogP) is 0.198. The Bertz CT molecular complexity index is 401. The first kappa shape index (κ1) is 11.2. The second-order valence-electron chi connectivity index (χ2n) is 3.29. The summed E-state index contributed by atoms with van der Waals surface area (Å²) in [4.78, 5) is 5.88. The number of hydrogen-bond acceptors (Lipinski definition) is 4. The molecule has 0 spiro atoms. The molecule has 0 aliphatic heterocycles. The van der Waals surface area contributed by atoms with E-state index in [1.165, 1.54) is 10.9 Å². The zero-order valence-corrected chi connectivity index (χ0v) is 8.92. The van der Waals surface area contributed by atoms with Crippen molar-refractivity contribution in [2.24, 2.45) is 12.0 Å². The topological polar surface area (TPSA) is 77.4 Å². The highest BCUT2D eigenvalue weighted by Crippen LogP contribution is 2.23. The molecule has 1 aromatic rings. The van der Waals surface area contributed by atoms with Gasteiger partial charge in [0.25, 0.3) is 0 Å². The molecule has 0 amide bonds. The number of hydrogen-bond donors (Lipinski definition) is 1. The van der Waals surface area contributed by atoms with Gasteiger partial charge in [-0.3, -0.25) is 4.68 Å². The molecule has 0 bridgehead atoms. The van der Waals surface area contributed by atoms with Crippen LogP contribution in [0.15, 0.2) is 11.2 Å². The van der Waals surface area contributed by atoms with Crippen molar-refractivity contribution in [2.45, 2.75) is 6.10 Å². The summed E-state index contributed by atoms with van der Waals surface area (Å²) in [6, 6.07) is 1.74. The molecule has 1 heterocycles. The van der Waals surface area contributed by atoms with Crippen molar-refractivity contribution in [1.29, 1.82) is 5.26 Å². The van der Waals surface area contributed by atoms with Crippen LogP contribution in [0.2, 0.25) is 0 Å². The van der Waals surface area contributed by atoms with Crippen LogP contribution < -0.4 is 0 Å². The number of nitrogens with zero attached hydrogens (tertiary/aromatic N) is 5. The van der Waals surface area contributed by atoms with Gasteiger partial charge in [0.1, 0.15) is 0 Å². The van der Waals surface area contributed by atoms with Gasteiger partial charge in [-0.25, -0.2) is 4.99 Å². The van der Waals surface area contributed by atoms with E-state index in [-0.39, 0.29) is 0 Å². The van der Waals surface area contributed by atoms with E-state index in [0.29, 0.717) is 11.4 Å². The molecule has 0 saturated carbocycles. The maximum atomic E-state index is 9.39. The van der Waals surface area contributed by atoms with Crippen LogP contribution in [0.3, 0.4) is 0 Å². The third-order valence-corrected chi connectivity index (χ3v) is 1.76. The number of aliphatic hydroxyl groups excluding tert-OH is 1. The van der Waals surface area contributed by atoms with Crippen molar-refractivity contribution < 1.29 is 5.11 Å². The summed E-state index contributed by atoms with van der Waals surface area (Å²) in [5.41, 5.74) is 0.415.